The van der Waals surface area contributed by atoms with Crippen molar-refractivity contribution in [2.24, 2.45) is 11.5 Å². The van der Waals surface area contributed by atoms with Crippen LogP contribution in [-0.4, -0.2) is 23.4 Å². The molecule has 1 atom stereocenters. The summed E-state index contributed by atoms with van der Waals surface area (Å²) in [6.07, 6.45) is 5.79. The quantitative estimate of drug-likeness (QED) is 0.832. The Bertz CT molecular complexity index is 679. The Hall–Kier alpha value is -2.63. The second kappa shape index (κ2) is 4.73. The average Bonchev–Trinajstić information content (AvgIpc) is 2.94. The smallest absolute Gasteiger partial charge is 0.252 e. The van der Waals surface area contributed by atoms with Crippen LogP contribution >= 0.6 is 0 Å². The first-order chi connectivity index (χ1) is 10.0. The molecule has 4 N–H and O–H groups in total. The van der Waals surface area contributed by atoms with Gasteiger partial charge in [0, 0.05) is 18.8 Å². The Morgan fingerprint density at radius 3 is 2.57 bits per heavy atom. The molecule has 21 heavy (non-hydrogen) atoms. The fourth-order valence-corrected chi connectivity index (χ4v) is 2.95. The summed E-state index contributed by atoms with van der Waals surface area (Å²) < 4.78 is 5.49. The highest BCUT2D eigenvalue weighted by molar-refractivity contribution is 6.00. The van der Waals surface area contributed by atoms with E-state index >= 15 is 0 Å². The molecular weight excluding hydrogens is 270 g/mol. The lowest BCUT2D eigenvalue weighted by Gasteiger charge is -2.32. The van der Waals surface area contributed by atoms with Crippen LogP contribution in [0.1, 0.15) is 18.4 Å². The lowest BCUT2D eigenvalue weighted by molar-refractivity contribution is -0.122. The van der Waals surface area contributed by atoms with Gasteiger partial charge in [-0.25, -0.2) is 0 Å². The minimum atomic E-state index is -1.08. The number of hydrogen-bond acceptors (Lipinski definition) is 4. The monoisotopic (exact) mass is 285 g/mol. The summed E-state index contributed by atoms with van der Waals surface area (Å²) >= 11 is 0. The molecule has 1 unspecified atom stereocenters. The zero-order valence-electron chi connectivity index (χ0n) is 11.3. The number of aromatic nitrogens is 1. The van der Waals surface area contributed by atoms with Crippen LogP contribution in [0, 0.1) is 0 Å². The summed E-state index contributed by atoms with van der Waals surface area (Å²) in [6.45, 7) is 0.487. The van der Waals surface area contributed by atoms with E-state index in [9.17, 15) is 9.59 Å². The maximum atomic E-state index is 12.2. The molecule has 1 aliphatic carbocycles. The normalized spacial score (nSPS) is 24.1. The minimum absolute atomic E-state index is 0.226. The van der Waals surface area contributed by atoms with E-state index in [-0.39, 0.29) is 5.57 Å². The summed E-state index contributed by atoms with van der Waals surface area (Å²) in [5.41, 5.74) is 11.8. The van der Waals surface area contributed by atoms with Gasteiger partial charge in [-0.05, 0) is 35.8 Å². The first-order valence-corrected chi connectivity index (χ1v) is 6.63. The van der Waals surface area contributed by atoms with E-state index in [1.807, 2.05) is 0 Å². The third-order valence-corrected chi connectivity index (χ3v) is 4.00. The van der Waals surface area contributed by atoms with Gasteiger partial charge in [-0.1, -0.05) is 0 Å². The molecule has 0 bridgehead atoms. The molecule has 108 valence electrons. The Morgan fingerprint density at radius 1 is 1.24 bits per heavy atom. The fourth-order valence-electron chi connectivity index (χ4n) is 2.95. The summed E-state index contributed by atoms with van der Waals surface area (Å²) in [4.78, 5) is 27.8. The van der Waals surface area contributed by atoms with Gasteiger partial charge in [0.1, 0.15) is 5.76 Å². The van der Waals surface area contributed by atoms with E-state index in [0.29, 0.717) is 30.8 Å². The second-order valence-electron chi connectivity index (χ2n) is 5.20. The van der Waals surface area contributed by atoms with Gasteiger partial charge in [0.2, 0.25) is 5.91 Å². The summed E-state index contributed by atoms with van der Waals surface area (Å²) in [7, 11) is 0. The third-order valence-electron chi connectivity index (χ3n) is 4.00. The highest BCUT2D eigenvalue weighted by atomic mass is 16.5. The molecule has 1 aromatic rings. The topological polar surface area (TPSA) is 108 Å². The van der Waals surface area contributed by atoms with Gasteiger partial charge in [-0.3, -0.25) is 14.6 Å². The molecule has 2 amide bonds. The number of primary amides is 2. The molecule has 1 aromatic heterocycles. The van der Waals surface area contributed by atoms with E-state index < -0.39 is 17.2 Å². The zero-order chi connectivity index (χ0) is 15.0. The fraction of sp³-hybridized carbons (Fsp3) is 0.267. The first kappa shape index (κ1) is 13.4. The van der Waals surface area contributed by atoms with Crippen molar-refractivity contribution in [3.63, 3.8) is 0 Å². The minimum Gasteiger partial charge on any atom is -0.492 e. The number of hydrogen-bond donors (Lipinski definition) is 2. The number of carbonyl (C=O) groups is 2. The largest absolute Gasteiger partial charge is 0.492 e. The van der Waals surface area contributed by atoms with Crippen molar-refractivity contribution in [3.8, 4) is 0 Å². The highest BCUT2D eigenvalue weighted by Crippen LogP contribution is 2.43. The van der Waals surface area contributed by atoms with Crippen molar-refractivity contribution in [3.05, 3.63) is 53.1 Å². The van der Waals surface area contributed by atoms with Gasteiger partial charge < -0.3 is 16.2 Å². The molecule has 6 heteroatoms. The third kappa shape index (κ3) is 1.99. The van der Waals surface area contributed by atoms with Crippen molar-refractivity contribution in [1.29, 1.82) is 0 Å². The van der Waals surface area contributed by atoms with Crippen LogP contribution in [0.15, 0.2) is 47.5 Å². The molecule has 0 spiro atoms. The summed E-state index contributed by atoms with van der Waals surface area (Å²) in [6, 6.07) is 3.45. The number of rotatable bonds is 3. The molecule has 0 saturated heterocycles. The van der Waals surface area contributed by atoms with Gasteiger partial charge in [0.15, 0.2) is 0 Å². The van der Waals surface area contributed by atoms with Gasteiger partial charge in [-0.15, -0.1) is 0 Å². The molecule has 6 nitrogen and oxygen atoms in total. The highest BCUT2D eigenvalue weighted by Gasteiger charge is 2.44. The van der Waals surface area contributed by atoms with Crippen LogP contribution in [0.2, 0.25) is 0 Å². The Morgan fingerprint density at radius 2 is 1.95 bits per heavy atom. The summed E-state index contributed by atoms with van der Waals surface area (Å²) in [5.74, 6) is -0.636. The predicted molar refractivity (Wildman–Crippen MR) is 74.6 cm³/mol. The number of nitrogens with zero attached hydrogens (tertiary/aromatic N) is 1. The molecule has 3 rings (SSSR count). The Balaban J connectivity index is 2.19. The lowest BCUT2D eigenvalue weighted by atomic mass is 9.70. The van der Waals surface area contributed by atoms with Crippen LogP contribution in [0.25, 0.3) is 0 Å². The van der Waals surface area contributed by atoms with Crippen molar-refractivity contribution >= 4 is 11.8 Å². The van der Waals surface area contributed by atoms with E-state index in [4.69, 9.17) is 16.2 Å². The van der Waals surface area contributed by atoms with Gasteiger partial charge in [0.25, 0.3) is 5.91 Å². The maximum absolute atomic E-state index is 12.2. The number of amides is 2. The Labute approximate surface area is 121 Å². The van der Waals surface area contributed by atoms with Gasteiger partial charge in [-0.2, -0.15) is 0 Å². The van der Waals surface area contributed by atoms with E-state index in [0.717, 1.165) is 5.57 Å². The summed E-state index contributed by atoms with van der Waals surface area (Å²) in [5, 5.41) is 0. The van der Waals surface area contributed by atoms with Crippen LogP contribution < -0.4 is 11.5 Å². The second-order valence-corrected chi connectivity index (χ2v) is 5.20. The van der Waals surface area contributed by atoms with Crippen molar-refractivity contribution < 1.29 is 14.3 Å². The molecule has 0 radical (unpaired) electrons. The number of pyridine rings is 1. The molecule has 0 aromatic carbocycles. The van der Waals surface area contributed by atoms with Crippen LogP contribution in [0.4, 0.5) is 0 Å². The molecule has 1 aliphatic heterocycles. The number of ether oxygens (including phenoxy) is 1. The van der Waals surface area contributed by atoms with E-state index in [2.05, 4.69) is 4.98 Å². The Kier molecular flexibility index (Phi) is 3.01. The maximum Gasteiger partial charge on any atom is 0.252 e. The van der Waals surface area contributed by atoms with Crippen LogP contribution in [0.5, 0.6) is 0 Å². The molecule has 2 aliphatic rings. The van der Waals surface area contributed by atoms with Crippen molar-refractivity contribution in [2.75, 3.05) is 6.61 Å². The van der Waals surface area contributed by atoms with Crippen molar-refractivity contribution in [1.82, 2.24) is 4.98 Å². The number of carbonyl (C=O) groups excluding carboxylic acids is 2. The molecule has 0 fully saturated rings. The van der Waals surface area contributed by atoms with Crippen LogP contribution in [-0.2, 0) is 19.7 Å². The van der Waals surface area contributed by atoms with Gasteiger partial charge in [0.05, 0.1) is 17.6 Å². The standard InChI is InChI=1S/C15H15N3O3/c16-13(19)11-8-15(14(17)20,10-1-4-18-5-2-10)7-9-3-6-21-12(9)11/h1-2,4-5,8H,3,6-7H2,(H2,16,19)(H2,17,20). The first-order valence-electron chi connectivity index (χ1n) is 6.63. The average molecular weight is 285 g/mol. The predicted octanol–water partition coefficient (Wildman–Crippen LogP) is 0.295. The molecule has 2 heterocycles. The van der Waals surface area contributed by atoms with Crippen molar-refractivity contribution in [2.45, 2.75) is 18.3 Å². The van der Waals surface area contributed by atoms with E-state index in [1.165, 1.54) is 6.08 Å². The zero-order valence-corrected chi connectivity index (χ0v) is 11.3. The number of nitrogens with two attached hydrogens (primary N) is 2. The molecular formula is C15H15N3O3. The van der Waals surface area contributed by atoms with E-state index in [1.54, 1.807) is 24.5 Å². The van der Waals surface area contributed by atoms with Gasteiger partial charge >= 0.3 is 0 Å². The lowest BCUT2D eigenvalue weighted by Crippen LogP contribution is -2.42. The van der Waals surface area contributed by atoms with Crippen LogP contribution in [0.3, 0.4) is 0 Å². The molecule has 0 saturated carbocycles. The SMILES string of the molecule is NC(=O)C1=CC(C(N)=O)(c2ccncc2)CC2=C1OCC2.